The number of amides is 3. The Bertz CT molecular complexity index is 1230. The van der Waals surface area contributed by atoms with Crippen LogP contribution in [0, 0.1) is 11.8 Å². The maximum Gasteiger partial charge on any atom is 0.353 e. The number of likely N-dealkylation sites (N-methyl/N-ethyl adjacent to an activating group) is 1. The van der Waals surface area contributed by atoms with Gasteiger partial charge >= 0.3 is 5.97 Å². The third-order valence-electron chi connectivity index (χ3n) is 8.82. The van der Waals surface area contributed by atoms with E-state index in [1.807, 2.05) is 19.2 Å². The minimum absolute atomic E-state index is 0.00242. The lowest BCUT2D eigenvalue weighted by atomic mass is 9.79. The predicted molar refractivity (Wildman–Crippen MR) is 170 cm³/mol. The smallest absolute Gasteiger partial charge is 0.353 e. The number of unbranched alkanes of at least 4 members (excludes halogenated alkanes) is 3. The molecule has 0 radical (unpaired) electrons. The van der Waals surface area contributed by atoms with Crippen molar-refractivity contribution in [2.24, 2.45) is 11.8 Å². The second-order valence-corrected chi connectivity index (χ2v) is 13.6. The van der Waals surface area contributed by atoms with Gasteiger partial charge in [-0.15, -0.1) is 11.8 Å². The second kappa shape index (κ2) is 16.5. The highest BCUT2D eigenvalue weighted by molar-refractivity contribution is 8.03. The van der Waals surface area contributed by atoms with E-state index in [1.54, 1.807) is 25.1 Å². The lowest BCUT2D eigenvalue weighted by molar-refractivity contribution is -0.163. The Morgan fingerprint density at radius 3 is 2.76 bits per heavy atom. The number of pyridine rings is 1. The Morgan fingerprint density at radius 1 is 1.24 bits per heavy atom. The summed E-state index contributed by atoms with van der Waals surface area (Å²) in [6.45, 7) is 5.82. The fraction of sp³-hybridized carbons (Fsp3) is 0.656. The molecule has 4 N–H and O–H groups in total. The Labute approximate surface area is 269 Å². The number of hydrogen-bond acceptors (Lipinski definition) is 9. The van der Waals surface area contributed by atoms with Crippen LogP contribution in [-0.2, 0) is 30.3 Å². The van der Waals surface area contributed by atoms with Crippen LogP contribution in [0.3, 0.4) is 0 Å². The quantitative estimate of drug-likeness (QED) is 0.137. The van der Waals surface area contributed by atoms with Crippen LogP contribution in [-0.4, -0.2) is 112 Å². The first-order valence-electron chi connectivity index (χ1n) is 16.0. The SMILES string of the molecule is C[C@H]1C(S[C@@H]2CN[C@H](C(=O)N(C)CCCCCNC(=O)COCCCCc3cccnc3)C2)=C(C(=O)O)N2C(=O)[C@H]([C@@H](C)O)C12. The predicted octanol–water partition coefficient (Wildman–Crippen LogP) is 1.78. The van der Waals surface area contributed by atoms with Gasteiger partial charge in [-0.05, 0) is 63.5 Å². The number of carboxylic acids is 1. The zero-order chi connectivity index (χ0) is 32.5. The summed E-state index contributed by atoms with van der Waals surface area (Å²) in [5, 5.41) is 26.1. The number of carbonyl (C=O) groups excluding carboxylic acids is 3. The number of aliphatic hydroxyl groups excluding tert-OH is 1. The fourth-order valence-corrected chi connectivity index (χ4v) is 7.87. The molecule has 12 nitrogen and oxygen atoms in total. The van der Waals surface area contributed by atoms with E-state index in [2.05, 4.69) is 21.7 Å². The van der Waals surface area contributed by atoms with E-state index in [1.165, 1.54) is 22.2 Å². The number of aliphatic carboxylic acids is 1. The van der Waals surface area contributed by atoms with Crippen molar-refractivity contribution in [3.8, 4) is 0 Å². The zero-order valence-electron chi connectivity index (χ0n) is 26.4. The fourth-order valence-electron chi connectivity index (χ4n) is 6.39. The molecule has 0 bridgehead atoms. The Hall–Kier alpha value is -3.00. The summed E-state index contributed by atoms with van der Waals surface area (Å²) < 4.78 is 5.48. The van der Waals surface area contributed by atoms with Crippen LogP contribution in [0.4, 0.5) is 0 Å². The summed E-state index contributed by atoms with van der Waals surface area (Å²) in [5.41, 5.74) is 1.22. The van der Waals surface area contributed by atoms with E-state index >= 15 is 0 Å². The molecule has 2 fully saturated rings. The summed E-state index contributed by atoms with van der Waals surface area (Å²) in [4.78, 5) is 57.6. The van der Waals surface area contributed by atoms with Gasteiger partial charge in [0.15, 0.2) is 0 Å². The normalized spacial score (nSPS) is 24.8. The molecule has 0 spiro atoms. The van der Waals surface area contributed by atoms with Crippen molar-refractivity contribution in [3.63, 3.8) is 0 Å². The topological polar surface area (TPSA) is 161 Å². The van der Waals surface area contributed by atoms with E-state index < -0.39 is 18.0 Å². The summed E-state index contributed by atoms with van der Waals surface area (Å²) in [7, 11) is 1.79. The Balaban J connectivity index is 1.07. The van der Waals surface area contributed by atoms with Crippen LogP contribution in [0.1, 0.15) is 57.9 Å². The van der Waals surface area contributed by atoms with Gasteiger partial charge in [0, 0.05) is 61.8 Å². The molecule has 2 saturated heterocycles. The highest BCUT2D eigenvalue weighted by atomic mass is 32.2. The van der Waals surface area contributed by atoms with Gasteiger partial charge in [0.05, 0.1) is 24.1 Å². The van der Waals surface area contributed by atoms with Gasteiger partial charge in [-0.1, -0.05) is 13.0 Å². The van der Waals surface area contributed by atoms with Crippen molar-refractivity contribution in [3.05, 3.63) is 40.7 Å². The summed E-state index contributed by atoms with van der Waals surface area (Å²) >= 11 is 1.44. The van der Waals surface area contributed by atoms with Gasteiger partial charge in [0.1, 0.15) is 12.3 Å². The number of rotatable bonds is 18. The second-order valence-electron chi connectivity index (χ2n) is 12.2. The van der Waals surface area contributed by atoms with Gasteiger partial charge in [-0.25, -0.2) is 4.79 Å². The monoisotopic (exact) mass is 645 g/mol. The lowest BCUT2D eigenvalue weighted by Crippen LogP contribution is -2.63. The first kappa shape index (κ1) is 34.9. The van der Waals surface area contributed by atoms with Crippen molar-refractivity contribution in [1.29, 1.82) is 0 Å². The largest absolute Gasteiger partial charge is 0.477 e. The van der Waals surface area contributed by atoms with E-state index in [4.69, 9.17) is 4.74 Å². The van der Waals surface area contributed by atoms with Gasteiger partial charge in [-0.2, -0.15) is 0 Å². The molecular weight excluding hydrogens is 598 g/mol. The van der Waals surface area contributed by atoms with Crippen LogP contribution in [0.2, 0.25) is 0 Å². The van der Waals surface area contributed by atoms with Gasteiger partial charge < -0.3 is 35.4 Å². The first-order valence-corrected chi connectivity index (χ1v) is 16.8. The molecule has 0 saturated carbocycles. The van der Waals surface area contributed by atoms with Crippen molar-refractivity contribution < 1.29 is 34.1 Å². The highest BCUT2D eigenvalue weighted by Crippen LogP contribution is 2.51. The molecule has 3 aliphatic rings. The molecule has 1 aromatic rings. The number of aryl methyl sites for hydroxylation is 1. The number of carbonyl (C=O) groups is 4. The van der Waals surface area contributed by atoms with E-state index in [0.29, 0.717) is 37.6 Å². The van der Waals surface area contributed by atoms with Gasteiger partial charge in [0.25, 0.3) is 0 Å². The standard InChI is InChI=1S/C32H47N5O7S/c1-20-27-26(21(2)38)31(41)37(27)28(32(42)43)29(20)45-23-16-24(35-18-23)30(40)36(3)14-7-4-6-13-34-25(39)19-44-15-8-5-10-22-11-9-12-33-17-22/h9,11-12,17,20-21,23-24,26-27,35,38H,4-8,10,13-16,18-19H2,1-3H3,(H,34,39)(H,42,43)/t20-,21-,23+,24+,26-,27?/m1/s1. The number of nitrogens with one attached hydrogen (secondary N) is 2. The van der Waals surface area contributed by atoms with Crippen molar-refractivity contribution in [2.45, 2.75) is 82.2 Å². The molecule has 1 aromatic heterocycles. The number of hydrogen-bond donors (Lipinski definition) is 4. The molecular formula is C32H47N5O7S. The van der Waals surface area contributed by atoms with Crippen LogP contribution >= 0.6 is 11.8 Å². The molecule has 0 aliphatic carbocycles. The van der Waals surface area contributed by atoms with E-state index in [9.17, 15) is 29.4 Å². The van der Waals surface area contributed by atoms with Gasteiger partial charge in [-0.3, -0.25) is 19.4 Å². The van der Waals surface area contributed by atoms with Crippen LogP contribution in [0.5, 0.6) is 0 Å². The van der Waals surface area contributed by atoms with E-state index in [0.717, 1.165) is 38.5 Å². The lowest BCUT2D eigenvalue weighted by Gasteiger charge is -2.46. The number of β-lactam (4-membered cyclic amide) rings is 1. The maximum absolute atomic E-state index is 13.1. The molecule has 1 unspecified atom stereocenters. The molecule has 6 atom stereocenters. The number of fused-ring (bicyclic) bond motifs is 1. The molecule has 45 heavy (non-hydrogen) atoms. The number of thioether (sulfide) groups is 1. The van der Waals surface area contributed by atoms with Crippen molar-refractivity contribution >= 4 is 35.5 Å². The number of nitrogens with zero attached hydrogens (tertiary/aromatic N) is 3. The average molecular weight is 646 g/mol. The molecule has 248 valence electrons. The summed E-state index contributed by atoms with van der Waals surface area (Å²) in [5.74, 6) is -2.38. The van der Waals surface area contributed by atoms with Crippen molar-refractivity contribution in [1.82, 2.24) is 25.4 Å². The minimum Gasteiger partial charge on any atom is -0.477 e. The van der Waals surface area contributed by atoms with Crippen LogP contribution in [0.25, 0.3) is 0 Å². The first-order chi connectivity index (χ1) is 21.6. The Kier molecular flexibility index (Phi) is 12.8. The summed E-state index contributed by atoms with van der Waals surface area (Å²) in [6.07, 6.45) is 8.68. The molecule has 3 aliphatic heterocycles. The molecule has 4 heterocycles. The summed E-state index contributed by atoms with van der Waals surface area (Å²) in [6, 6.07) is 3.29. The zero-order valence-corrected chi connectivity index (χ0v) is 27.3. The number of carboxylic acid groups (broad SMARTS) is 1. The number of ether oxygens (including phenoxy) is 1. The maximum atomic E-state index is 13.1. The van der Waals surface area contributed by atoms with E-state index in [-0.39, 0.29) is 53.3 Å². The number of aliphatic hydroxyl groups is 1. The van der Waals surface area contributed by atoms with Crippen molar-refractivity contribution in [2.75, 3.05) is 39.9 Å². The van der Waals surface area contributed by atoms with Gasteiger partial charge in [0.2, 0.25) is 17.7 Å². The van der Waals surface area contributed by atoms with Crippen LogP contribution < -0.4 is 10.6 Å². The molecule has 0 aromatic carbocycles. The molecule has 4 rings (SSSR count). The Morgan fingerprint density at radius 2 is 2.04 bits per heavy atom. The number of aromatic nitrogens is 1. The average Bonchev–Trinajstić information content (AvgIpc) is 3.57. The minimum atomic E-state index is -1.14. The highest BCUT2D eigenvalue weighted by Gasteiger charge is 2.60. The molecule has 3 amide bonds. The third kappa shape index (κ3) is 8.84. The third-order valence-corrected chi connectivity index (χ3v) is 10.3. The van der Waals surface area contributed by atoms with Crippen LogP contribution in [0.15, 0.2) is 35.1 Å². The molecule has 13 heteroatoms.